The third kappa shape index (κ3) is 1.90. The van der Waals surface area contributed by atoms with Crippen LogP contribution < -0.4 is 0 Å². The van der Waals surface area contributed by atoms with Crippen molar-refractivity contribution >= 4 is 0 Å². The van der Waals surface area contributed by atoms with Gasteiger partial charge in [-0.05, 0) is 73.3 Å². The average Bonchev–Trinajstić information content (AvgIpc) is 2.90. The van der Waals surface area contributed by atoms with Crippen molar-refractivity contribution < 1.29 is 4.74 Å². The lowest BCUT2D eigenvalue weighted by atomic mass is 9.53. The number of methoxy groups -OCH3 is 1. The molecule has 0 spiro atoms. The van der Waals surface area contributed by atoms with E-state index in [1.54, 1.807) is 11.1 Å². The average molecular weight is 296 g/mol. The highest BCUT2D eigenvalue weighted by Crippen LogP contribution is 2.61. The third-order valence-electron chi connectivity index (χ3n) is 7.18. The molecule has 0 aromatic carbocycles. The summed E-state index contributed by atoms with van der Waals surface area (Å²) in [5.41, 5.74) is 5.43. The summed E-state index contributed by atoms with van der Waals surface area (Å²) < 4.78 is 5.50. The van der Waals surface area contributed by atoms with Crippen LogP contribution in [-0.4, -0.2) is 7.11 Å². The topological polar surface area (TPSA) is 9.23 Å². The normalized spacial score (nSPS) is 40.2. The summed E-state index contributed by atoms with van der Waals surface area (Å²) in [5, 5.41) is 0. The third-order valence-corrected chi connectivity index (χ3v) is 7.18. The van der Waals surface area contributed by atoms with Gasteiger partial charge >= 0.3 is 0 Å². The van der Waals surface area contributed by atoms with Crippen LogP contribution >= 0.6 is 0 Å². The number of fused-ring (bicyclic) bond motifs is 4. The van der Waals surface area contributed by atoms with Gasteiger partial charge in [0.1, 0.15) is 0 Å². The van der Waals surface area contributed by atoms with Gasteiger partial charge in [-0.3, -0.25) is 0 Å². The summed E-state index contributed by atoms with van der Waals surface area (Å²) in [6, 6.07) is 0. The summed E-state index contributed by atoms with van der Waals surface area (Å²) in [7, 11) is 1.82. The zero-order chi connectivity index (χ0) is 15.3. The zero-order valence-corrected chi connectivity index (χ0v) is 14.0. The fraction of sp³-hybridized carbons (Fsp3) is 0.619. The molecule has 1 saturated carbocycles. The summed E-state index contributed by atoms with van der Waals surface area (Å²) in [6.07, 6.45) is 15.8. The Morgan fingerprint density at radius 1 is 1.32 bits per heavy atom. The minimum absolute atomic E-state index is 0.406. The Balaban J connectivity index is 1.61. The van der Waals surface area contributed by atoms with Crippen molar-refractivity contribution in [2.24, 2.45) is 23.2 Å². The van der Waals surface area contributed by atoms with E-state index < -0.39 is 0 Å². The molecular formula is C21H28O. The van der Waals surface area contributed by atoms with Crippen LogP contribution in [0.1, 0.15) is 51.9 Å². The van der Waals surface area contributed by atoms with E-state index in [-0.39, 0.29) is 0 Å². The van der Waals surface area contributed by atoms with E-state index in [9.17, 15) is 0 Å². The maximum absolute atomic E-state index is 5.50. The molecule has 4 aliphatic carbocycles. The fourth-order valence-corrected chi connectivity index (χ4v) is 5.96. The van der Waals surface area contributed by atoms with Crippen molar-refractivity contribution in [2.45, 2.75) is 51.9 Å². The van der Waals surface area contributed by atoms with Gasteiger partial charge in [-0.25, -0.2) is 0 Å². The number of ether oxygens (including phenoxy) is 1. The highest BCUT2D eigenvalue weighted by Gasteiger charge is 2.51. The first-order valence-electron chi connectivity index (χ1n) is 8.94. The van der Waals surface area contributed by atoms with Gasteiger partial charge in [0, 0.05) is 6.42 Å². The maximum atomic E-state index is 5.50. The Morgan fingerprint density at radius 3 is 2.95 bits per heavy atom. The molecule has 0 heterocycles. The van der Waals surface area contributed by atoms with Crippen LogP contribution in [-0.2, 0) is 4.74 Å². The first kappa shape index (κ1) is 14.4. The molecule has 22 heavy (non-hydrogen) atoms. The van der Waals surface area contributed by atoms with E-state index in [1.165, 1.54) is 43.4 Å². The molecule has 0 bridgehead atoms. The molecule has 0 unspecified atom stereocenters. The SMILES string of the molecule is C=CC1=CC[C@H]2[C@@H]3CCC4=C(CC=C(OC)C4)[C@H]3CC[C@]12C. The number of hydrogen-bond donors (Lipinski definition) is 0. The molecule has 118 valence electrons. The highest BCUT2D eigenvalue weighted by molar-refractivity contribution is 5.37. The lowest BCUT2D eigenvalue weighted by molar-refractivity contribution is 0.0581. The summed E-state index contributed by atoms with van der Waals surface area (Å²) in [6.45, 7) is 6.57. The van der Waals surface area contributed by atoms with E-state index >= 15 is 0 Å². The number of hydrogen-bond acceptors (Lipinski definition) is 1. The van der Waals surface area contributed by atoms with E-state index in [1.807, 2.05) is 7.11 Å². The van der Waals surface area contributed by atoms with Crippen molar-refractivity contribution in [2.75, 3.05) is 7.11 Å². The Hall–Kier alpha value is -1.24. The van der Waals surface area contributed by atoms with Crippen LogP contribution in [0.25, 0.3) is 0 Å². The van der Waals surface area contributed by atoms with Gasteiger partial charge in [-0.2, -0.15) is 0 Å². The van der Waals surface area contributed by atoms with Crippen LogP contribution in [0.3, 0.4) is 0 Å². The van der Waals surface area contributed by atoms with Crippen molar-refractivity contribution in [3.8, 4) is 0 Å². The van der Waals surface area contributed by atoms with Gasteiger partial charge in [0.15, 0.2) is 0 Å². The summed E-state index contributed by atoms with van der Waals surface area (Å²) in [4.78, 5) is 0. The second-order valence-corrected chi connectivity index (χ2v) is 7.86. The summed E-state index contributed by atoms with van der Waals surface area (Å²) >= 11 is 0. The molecule has 0 aliphatic heterocycles. The Morgan fingerprint density at radius 2 is 2.18 bits per heavy atom. The first-order chi connectivity index (χ1) is 10.7. The molecule has 0 aromatic rings. The molecule has 1 heteroatoms. The molecule has 0 aromatic heterocycles. The maximum Gasteiger partial charge on any atom is 0.0959 e. The Bertz CT molecular complexity index is 591. The van der Waals surface area contributed by atoms with Crippen LogP contribution in [0, 0.1) is 23.2 Å². The lowest BCUT2D eigenvalue weighted by Crippen LogP contribution is -2.42. The molecule has 1 nitrogen and oxygen atoms in total. The van der Waals surface area contributed by atoms with Crippen molar-refractivity contribution in [1.29, 1.82) is 0 Å². The number of allylic oxidation sites excluding steroid dienone is 6. The minimum atomic E-state index is 0.406. The molecule has 1 fully saturated rings. The van der Waals surface area contributed by atoms with Crippen LogP contribution in [0.2, 0.25) is 0 Å². The highest BCUT2D eigenvalue weighted by atomic mass is 16.5. The van der Waals surface area contributed by atoms with Gasteiger partial charge in [0.25, 0.3) is 0 Å². The smallest absolute Gasteiger partial charge is 0.0959 e. The van der Waals surface area contributed by atoms with Crippen molar-refractivity contribution in [3.05, 3.63) is 47.3 Å². The molecule has 4 rings (SSSR count). The molecule has 4 atom stereocenters. The predicted molar refractivity (Wildman–Crippen MR) is 91.3 cm³/mol. The lowest BCUT2D eigenvalue weighted by Gasteiger charge is -2.51. The van der Waals surface area contributed by atoms with Gasteiger partial charge in [0.05, 0.1) is 12.9 Å². The van der Waals surface area contributed by atoms with Crippen LogP contribution in [0.5, 0.6) is 0 Å². The van der Waals surface area contributed by atoms with E-state index in [2.05, 4.69) is 31.7 Å². The zero-order valence-electron chi connectivity index (χ0n) is 14.0. The van der Waals surface area contributed by atoms with E-state index in [0.717, 1.165) is 30.6 Å². The molecule has 0 amide bonds. The molecule has 0 N–H and O–H groups in total. The standard InChI is InChI=1S/C21H28O/c1-4-15-6-10-20-19-8-5-14-13-16(22-3)7-9-17(14)18(19)11-12-21(15,20)2/h4,6-7,18-20H,1,5,8-13H2,2-3H3/t18-,19-,20+,21-/m1/s1. The fourth-order valence-electron chi connectivity index (χ4n) is 5.96. The quantitative estimate of drug-likeness (QED) is 0.606. The van der Waals surface area contributed by atoms with Crippen LogP contribution in [0.4, 0.5) is 0 Å². The molecular weight excluding hydrogens is 268 g/mol. The van der Waals surface area contributed by atoms with Gasteiger partial charge in [-0.15, -0.1) is 0 Å². The summed E-state index contributed by atoms with van der Waals surface area (Å²) in [5.74, 6) is 3.77. The second kappa shape index (κ2) is 5.15. The monoisotopic (exact) mass is 296 g/mol. The second-order valence-electron chi connectivity index (χ2n) is 7.86. The molecule has 4 aliphatic rings. The van der Waals surface area contributed by atoms with Crippen molar-refractivity contribution in [1.82, 2.24) is 0 Å². The van der Waals surface area contributed by atoms with Gasteiger partial charge in [-0.1, -0.05) is 36.8 Å². The minimum Gasteiger partial charge on any atom is -0.501 e. The van der Waals surface area contributed by atoms with Crippen molar-refractivity contribution in [3.63, 3.8) is 0 Å². The van der Waals surface area contributed by atoms with Gasteiger partial charge in [0.2, 0.25) is 0 Å². The first-order valence-corrected chi connectivity index (χ1v) is 8.94. The van der Waals surface area contributed by atoms with Gasteiger partial charge < -0.3 is 4.74 Å². The number of rotatable bonds is 2. The largest absolute Gasteiger partial charge is 0.501 e. The van der Waals surface area contributed by atoms with Crippen LogP contribution in [0.15, 0.2) is 47.3 Å². The Labute approximate surface area is 134 Å². The Kier molecular flexibility index (Phi) is 3.36. The van der Waals surface area contributed by atoms with E-state index in [0.29, 0.717) is 5.41 Å². The predicted octanol–water partition coefficient (Wildman–Crippen LogP) is 5.57. The van der Waals surface area contributed by atoms with E-state index in [4.69, 9.17) is 4.74 Å². The molecule has 0 saturated heterocycles. The molecule has 0 radical (unpaired) electrons.